The second-order valence-electron chi connectivity index (χ2n) is 7.20. The van der Waals surface area contributed by atoms with E-state index in [2.05, 4.69) is 16.4 Å². The van der Waals surface area contributed by atoms with Crippen molar-refractivity contribution >= 4 is 39.1 Å². The highest BCUT2D eigenvalue weighted by atomic mass is 16.5. The molecular weight excluding hydrogens is 362 g/mol. The van der Waals surface area contributed by atoms with E-state index >= 15 is 0 Å². The number of hydrogen-bond acceptors (Lipinski definition) is 5. The van der Waals surface area contributed by atoms with Gasteiger partial charge in [-0.1, -0.05) is 29.3 Å². The normalized spacial score (nSPS) is 11.0. The Morgan fingerprint density at radius 3 is 2.48 bits per heavy atom. The van der Waals surface area contributed by atoms with Gasteiger partial charge in [0, 0.05) is 28.4 Å². The summed E-state index contributed by atoms with van der Waals surface area (Å²) in [6.07, 6.45) is 1.60. The molecule has 4 rings (SSSR count). The van der Waals surface area contributed by atoms with Crippen LogP contribution >= 0.6 is 0 Å². The minimum absolute atomic E-state index is 0.301. The molecule has 0 fully saturated rings. The van der Waals surface area contributed by atoms with Crippen molar-refractivity contribution in [1.29, 1.82) is 0 Å². The molecule has 0 bridgehead atoms. The predicted molar refractivity (Wildman–Crippen MR) is 117 cm³/mol. The Bertz CT molecular complexity index is 1230. The highest BCUT2D eigenvalue weighted by Gasteiger charge is 2.20. The lowest BCUT2D eigenvalue weighted by Gasteiger charge is -2.17. The van der Waals surface area contributed by atoms with Crippen LogP contribution in [-0.4, -0.2) is 22.5 Å². The van der Waals surface area contributed by atoms with Gasteiger partial charge >= 0.3 is 5.97 Å². The van der Waals surface area contributed by atoms with E-state index in [0.29, 0.717) is 17.9 Å². The monoisotopic (exact) mass is 385 g/mol. The minimum atomic E-state index is -0.403. The van der Waals surface area contributed by atoms with Gasteiger partial charge in [-0.25, -0.2) is 4.79 Å². The molecule has 2 heterocycles. The van der Waals surface area contributed by atoms with Gasteiger partial charge in [-0.2, -0.15) is 0 Å². The molecule has 0 amide bonds. The van der Waals surface area contributed by atoms with Gasteiger partial charge in [0.25, 0.3) is 0 Å². The highest BCUT2D eigenvalue weighted by molar-refractivity contribution is 6.13. The summed E-state index contributed by atoms with van der Waals surface area (Å²) in [4.78, 5) is 22.1. The van der Waals surface area contributed by atoms with E-state index in [1.165, 1.54) is 5.56 Å². The number of benzene rings is 2. The first-order valence-corrected chi connectivity index (χ1v) is 9.68. The summed E-state index contributed by atoms with van der Waals surface area (Å²) >= 11 is 0. The molecule has 2 aromatic heterocycles. The number of carbonyl (C=O) groups is 1. The summed E-state index contributed by atoms with van der Waals surface area (Å²) < 4.78 is 5.28. The van der Waals surface area contributed by atoms with Crippen LogP contribution in [-0.2, 0) is 4.74 Å². The number of carbonyl (C=O) groups excluding carboxylic acids is 1. The zero-order valence-electron chi connectivity index (χ0n) is 17.0. The van der Waals surface area contributed by atoms with E-state index in [1.54, 1.807) is 13.1 Å². The summed E-state index contributed by atoms with van der Waals surface area (Å²) in [5.41, 5.74) is 6.77. The Hall–Kier alpha value is -3.47. The molecule has 0 unspecified atom stereocenters. The van der Waals surface area contributed by atoms with Crippen LogP contribution in [0.4, 0.5) is 11.4 Å². The molecule has 0 saturated carbocycles. The Morgan fingerprint density at radius 2 is 1.76 bits per heavy atom. The third-order valence-corrected chi connectivity index (χ3v) is 4.95. The summed E-state index contributed by atoms with van der Waals surface area (Å²) in [5, 5.41) is 5.22. The van der Waals surface area contributed by atoms with Crippen LogP contribution < -0.4 is 5.32 Å². The first-order valence-electron chi connectivity index (χ1n) is 9.68. The van der Waals surface area contributed by atoms with E-state index in [4.69, 9.17) is 9.72 Å². The number of aromatic nitrogens is 2. The number of esters is 1. The van der Waals surface area contributed by atoms with Crippen molar-refractivity contribution in [3.63, 3.8) is 0 Å². The van der Waals surface area contributed by atoms with Crippen molar-refractivity contribution in [2.45, 2.75) is 27.7 Å². The minimum Gasteiger partial charge on any atom is -0.462 e. The van der Waals surface area contributed by atoms with E-state index in [1.807, 2.05) is 57.2 Å². The maximum absolute atomic E-state index is 12.7. The summed E-state index contributed by atoms with van der Waals surface area (Å²) in [6, 6.07) is 14.2. The second-order valence-corrected chi connectivity index (χ2v) is 7.20. The second kappa shape index (κ2) is 7.51. The fraction of sp³-hybridized carbons (Fsp3) is 0.208. The molecule has 0 aliphatic carbocycles. The predicted octanol–water partition coefficient (Wildman–Crippen LogP) is 5.63. The largest absolute Gasteiger partial charge is 0.462 e. The lowest BCUT2D eigenvalue weighted by atomic mass is 10.0. The fourth-order valence-corrected chi connectivity index (χ4v) is 3.52. The zero-order valence-corrected chi connectivity index (χ0v) is 17.0. The van der Waals surface area contributed by atoms with Gasteiger partial charge < -0.3 is 10.1 Å². The molecule has 4 aromatic rings. The van der Waals surface area contributed by atoms with E-state index in [-0.39, 0.29) is 0 Å². The number of nitrogens with one attached hydrogen (secondary N) is 1. The van der Waals surface area contributed by atoms with Gasteiger partial charge in [0.05, 0.1) is 23.3 Å². The Morgan fingerprint density at radius 1 is 1.03 bits per heavy atom. The van der Waals surface area contributed by atoms with Crippen LogP contribution in [0.5, 0.6) is 0 Å². The van der Waals surface area contributed by atoms with Crippen LogP contribution in [0.1, 0.15) is 34.1 Å². The number of fused-ring (bicyclic) bond motifs is 3. The number of ether oxygens (including phenoxy) is 1. The summed E-state index contributed by atoms with van der Waals surface area (Å²) in [7, 11) is 0. The van der Waals surface area contributed by atoms with Crippen LogP contribution in [0.15, 0.2) is 48.7 Å². The van der Waals surface area contributed by atoms with Gasteiger partial charge in [-0.15, -0.1) is 0 Å². The van der Waals surface area contributed by atoms with Gasteiger partial charge in [-0.05, 0) is 52.0 Å². The first-order chi connectivity index (χ1) is 14.0. The number of hydrogen-bond donors (Lipinski definition) is 1. The van der Waals surface area contributed by atoms with E-state index in [9.17, 15) is 4.79 Å². The summed E-state index contributed by atoms with van der Waals surface area (Å²) in [6.45, 7) is 8.12. The standard InChI is InChI=1S/C24H23N3O2/c1-5-29-24(28)19-13-25-22-18-12-15(3)8-11-20(18)26-16(4)21(22)23(19)27-17-9-6-14(2)7-10-17/h6-13H,5H2,1-4H3,(H,25,27). The van der Waals surface area contributed by atoms with E-state index in [0.717, 1.165) is 38.8 Å². The molecule has 0 spiro atoms. The quantitative estimate of drug-likeness (QED) is 0.364. The SMILES string of the molecule is CCOC(=O)c1cnc2c(c(C)nc3ccc(C)cc32)c1Nc1ccc(C)cc1. The van der Waals surface area contributed by atoms with Crippen molar-refractivity contribution in [2.24, 2.45) is 0 Å². The number of nitrogens with zero attached hydrogens (tertiary/aromatic N) is 2. The average Bonchev–Trinajstić information content (AvgIpc) is 2.70. The number of aryl methyl sites for hydroxylation is 3. The third kappa shape index (κ3) is 3.51. The van der Waals surface area contributed by atoms with Crippen LogP contribution in [0.25, 0.3) is 21.8 Å². The zero-order chi connectivity index (χ0) is 20.5. The molecule has 0 aliphatic rings. The lowest BCUT2D eigenvalue weighted by molar-refractivity contribution is 0.0527. The van der Waals surface area contributed by atoms with E-state index < -0.39 is 5.97 Å². The molecule has 5 heteroatoms. The van der Waals surface area contributed by atoms with Gasteiger partial charge in [-0.3, -0.25) is 9.97 Å². The Kier molecular flexibility index (Phi) is 4.89. The van der Waals surface area contributed by atoms with Gasteiger partial charge in [0.15, 0.2) is 0 Å². The molecule has 5 nitrogen and oxygen atoms in total. The lowest BCUT2D eigenvalue weighted by Crippen LogP contribution is -2.10. The first kappa shape index (κ1) is 18.9. The molecular formula is C24H23N3O2. The fourth-order valence-electron chi connectivity index (χ4n) is 3.52. The maximum atomic E-state index is 12.7. The Balaban J connectivity index is 2.02. The van der Waals surface area contributed by atoms with Crippen molar-refractivity contribution < 1.29 is 9.53 Å². The van der Waals surface area contributed by atoms with Crippen molar-refractivity contribution in [3.8, 4) is 0 Å². The van der Waals surface area contributed by atoms with Crippen molar-refractivity contribution in [1.82, 2.24) is 9.97 Å². The smallest absolute Gasteiger partial charge is 0.341 e. The number of anilines is 2. The van der Waals surface area contributed by atoms with Crippen LogP contribution in [0.2, 0.25) is 0 Å². The molecule has 0 atom stereocenters. The molecule has 2 aromatic carbocycles. The topological polar surface area (TPSA) is 64.1 Å². The molecule has 146 valence electrons. The average molecular weight is 385 g/mol. The molecule has 29 heavy (non-hydrogen) atoms. The third-order valence-electron chi connectivity index (χ3n) is 4.95. The number of rotatable bonds is 4. The maximum Gasteiger partial charge on any atom is 0.341 e. The molecule has 1 N–H and O–H groups in total. The molecule has 0 saturated heterocycles. The van der Waals surface area contributed by atoms with Crippen molar-refractivity contribution in [2.75, 3.05) is 11.9 Å². The highest BCUT2D eigenvalue weighted by Crippen LogP contribution is 2.35. The molecule has 0 aliphatic heterocycles. The number of pyridine rings is 2. The van der Waals surface area contributed by atoms with Gasteiger partial charge in [0.2, 0.25) is 0 Å². The summed E-state index contributed by atoms with van der Waals surface area (Å²) in [5.74, 6) is -0.403. The van der Waals surface area contributed by atoms with Gasteiger partial charge in [0.1, 0.15) is 5.56 Å². The van der Waals surface area contributed by atoms with Crippen molar-refractivity contribution in [3.05, 3.63) is 71.0 Å². The van der Waals surface area contributed by atoms with Crippen LogP contribution in [0.3, 0.4) is 0 Å². The molecule has 0 radical (unpaired) electrons. The Labute approximate surface area is 169 Å². The van der Waals surface area contributed by atoms with Crippen LogP contribution in [0, 0.1) is 20.8 Å².